The van der Waals surface area contributed by atoms with Crippen molar-refractivity contribution in [1.82, 2.24) is 0 Å². The van der Waals surface area contributed by atoms with Crippen LogP contribution in [0.2, 0.25) is 0 Å². The van der Waals surface area contributed by atoms with Crippen LogP contribution < -0.4 is 0 Å². The molecule has 0 atom stereocenters. The smallest absolute Gasteiger partial charge is 0.161 e. The van der Waals surface area contributed by atoms with Crippen LogP contribution in [0.1, 0.15) is 16.7 Å². The fraction of sp³-hybridized carbons (Fsp3) is 0.0250. The standard InChI is InChI=1S/C40H27N3O2/c1-41-39(27-12-6-3-7-13-27)43-40(42-25-26-10-4-2-5-11-26)30-16-19-32-34-23-29(18-21-37(34)45-38(32)24-30)28-17-20-36-33(22-28)31-14-8-9-15-35(31)44-36/h2-24H,1,25H2. The van der Waals surface area contributed by atoms with Crippen LogP contribution in [0.5, 0.6) is 0 Å². The summed E-state index contributed by atoms with van der Waals surface area (Å²) in [5.41, 5.74) is 8.42. The highest BCUT2D eigenvalue weighted by Crippen LogP contribution is 2.36. The van der Waals surface area contributed by atoms with Crippen molar-refractivity contribution in [2.75, 3.05) is 0 Å². The van der Waals surface area contributed by atoms with Gasteiger partial charge in [0.2, 0.25) is 0 Å². The molecule has 2 heterocycles. The highest BCUT2D eigenvalue weighted by Gasteiger charge is 2.14. The zero-order valence-electron chi connectivity index (χ0n) is 24.4. The minimum atomic E-state index is 0.483. The van der Waals surface area contributed by atoms with E-state index < -0.39 is 0 Å². The molecule has 5 nitrogen and oxygen atoms in total. The molecular formula is C40H27N3O2. The van der Waals surface area contributed by atoms with Crippen molar-refractivity contribution < 1.29 is 8.83 Å². The molecule has 45 heavy (non-hydrogen) atoms. The van der Waals surface area contributed by atoms with Gasteiger partial charge in [-0.1, -0.05) is 97.1 Å². The van der Waals surface area contributed by atoms with E-state index in [1.807, 2.05) is 91.0 Å². The highest BCUT2D eigenvalue weighted by atomic mass is 16.3. The number of furan rings is 2. The van der Waals surface area contributed by atoms with Crippen molar-refractivity contribution in [3.8, 4) is 11.1 Å². The predicted molar refractivity (Wildman–Crippen MR) is 186 cm³/mol. The molecule has 214 valence electrons. The molecule has 8 rings (SSSR count). The summed E-state index contributed by atoms with van der Waals surface area (Å²) in [4.78, 5) is 14.1. The number of hydrogen-bond acceptors (Lipinski definition) is 3. The van der Waals surface area contributed by atoms with Gasteiger partial charge in [0.1, 0.15) is 22.3 Å². The monoisotopic (exact) mass is 581 g/mol. The molecular weight excluding hydrogens is 554 g/mol. The Morgan fingerprint density at radius 1 is 0.489 bits per heavy atom. The predicted octanol–water partition coefficient (Wildman–Crippen LogP) is 10.2. The molecule has 6 aromatic carbocycles. The van der Waals surface area contributed by atoms with E-state index in [9.17, 15) is 0 Å². The van der Waals surface area contributed by atoms with Gasteiger partial charge in [0.05, 0.1) is 6.54 Å². The number of benzene rings is 6. The molecule has 2 aromatic heterocycles. The third-order valence-corrected chi connectivity index (χ3v) is 8.09. The largest absolute Gasteiger partial charge is 0.456 e. The Hall–Kier alpha value is -6.07. The van der Waals surface area contributed by atoms with Crippen LogP contribution in [-0.2, 0) is 6.54 Å². The molecule has 0 fully saturated rings. The topological polar surface area (TPSA) is 63.4 Å². The third-order valence-electron chi connectivity index (χ3n) is 8.09. The van der Waals surface area contributed by atoms with Gasteiger partial charge in [-0.25, -0.2) is 9.98 Å². The summed E-state index contributed by atoms with van der Waals surface area (Å²) in [7, 11) is 0. The minimum Gasteiger partial charge on any atom is -0.456 e. The van der Waals surface area contributed by atoms with E-state index in [0.717, 1.165) is 71.7 Å². The Morgan fingerprint density at radius 3 is 1.80 bits per heavy atom. The van der Waals surface area contributed by atoms with Crippen molar-refractivity contribution in [3.05, 3.63) is 156 Å². The van der Waals surface area contributed by atoms with Crippen LogP contribution in [-0.4, -0.2) is 18.4 Å². The van der Waals surface area contributed by atoms with Crippen molar-refractivity contribution in [2.45, 2.75) is 6.54 Å². The quantitative estimate of drug-likeness (QED) is 0.150. The lowest BCUT2D eigenvalue weighted by atomic mass is 10.0. The molecule has 0 amide bonds. The normalized spacial score (nSPS) is 12.4. The SMILES string of the molecule is C=NC(=NC(=NCc1ccccc1)c1ccc2c(c1)oc1ccc(-c3ccc4oc5ccccc5c4c3)cc12)c1ccccc1. The fourth-order valence-electron chi connectivity index (χ4n) is 5.82. The highest BCUT2D eigenvalue weighted by molar-refractivity contribution is 6.15. The molecule has 0 unspecified atom stereocenters. The van der Waals surface area contributed by atoms with Crippen molar-refractivity contribution >= 4 is 62.3 Å². The molecule has 0 aliphatic rings. The Bertz CT molecular complexity index is 2420. The van der Waals surface area contributed by atoms with Crippen LogP contribution >= 0.6 is 0 Å². The van der Waals surface area contributed by atoms with Gasteiger partial charge >= 0.3 is 0 Å². The van der Waals surface area contributed by atoms with Crippen LogP contribution in [0, 0.1) is 0 Å². The maximum atomic E-state index is 6.37. The van der Waals surface area contributed by atoms with Gasteiger partial charge in [0.25, 0.3) is 0 Å². The number of rotatable bonds is 5. The first kappa shape index (κ1) is 26.5. The number of fused-ring (bicyclic) bond motifs is 6. The number of nitrogens with zero attached hydrogens (tertiary/aromatic N) is 3. The summed E-state index contributed by atoms with van der Waals surface area (Å²) >= 11 is 0. The van der Waals surface area contributed by atoms with E-state index in [1.54, 1.807) is 0 Å². The van der Waals surface area contributed by atoms with Crippen molar-refractivity contribution in [2.24, 2.45) is 15.0 Å². The number of aliphatic imine (C=N–C) groups is 3. The van der Waals surface area contributed by atoms with Gasteiger partial charge in [-0.2, -0.15) is 0 Å². The van der Waals surface area contributed by atoms with E-state index >= 15 is 0 Å². The maximum absolute atomic E-state index is 6.37. The summed E-state index contributed by atoms with van der Waals surface area (Å²) in [5, 5.41) is 4.31. The lowest BCUT2D eigenvalue weighted by Gasteiger charge is -2.06. The molecule has 8 aromatic rings. The average Bonchev–Trinajstić information content (AvgIpc) is 3.66. The number of hydrogen-bond donors (Lipinski definition) is 0. The molecule has 0 aliphatic heterocycles. The van der Waals surface area contributed by atoms with Gasteiger partial charge in [-0.3, -0.25) is 4.99 Å². The molecule has 0 N–H and O–H groups in total. The van der Waals surface area contributed by atoms with Gasteiger partial charge in [-0.15, -0.1) is 0 Å². The number of amidine groups is 2. The summed E-state index contributed by atoms with van der Waals surface area (Å²) in [6.45, 7) is 4.27. The lowest BCUT2D eigenvalue weighted by Crippen LogP contribution is -2.05. The molecule has 0 bridgehead atoms. The summed E-state index contributed by atoms with van der Waals surface area (Å²) < 4.78 is 12.4. The molecule has 0 spiro atoms. The van der Waals surface area contributed by atoms with Crippen LogP contribution in [0.3, 0.4) is 0 Å². The zero-order valence-corrected chi connectivity index (χ0v) is 24.4. The van der Waals surface area contributed by atoms with Gasteiger partial charge in [-0.05, 0) is 65.9 Å². The Balaban J connectivity index is 1.21. The summed E-state index contributed by atoms with van der Waals surface area (Å²) in [6.07, 6.45) is 0. The zero-order chi connectivity index (χ0) is 30.2. The van der Waals surface area contributed by atoms with Crippen LogP contribution in [0.15, 0.2) is 163 Å². The minimum absolute atomic E-state index is 0.483. The van der Waals surface area contributed by atoms with E-state index in [0.29, 0.717) is 18.2 Å². The molecule has 5 heteroatoms. The Morgan fingerprint density at radius 2 is 1.09 bits per heavy atom. The van der Waals surface area contributed by atoms with Crippen molar-refractivity contribution in [3.63, 3.8) is 0 Å². The van der Waals surface area contributed by atoms with E-state index in [-0.39, 0.29) is 0 Å². The first-order chi connectivity index (χ1) is 22.2. The summed E-state index contributed by atoms with van der Waals surface area (Å²) in [5.74, 6) is 1.08. The van der Waals surface area contributed by atoms with Crippen molar-refractivity contribution in [1.29, 1.82) is 0 Å². The van der Waals surface area contributed by atoms with E-state index in [1.165, 1.54) is 0 Å². The maximum Gasteiger partial charge on any atom is 0.161 e. The lowest BCUT2D eigenvalue weighted by molar-refractivity contribution is 0.668. The van der Waals surface area contributed by atoms with Gasteiger partial charge < -0.3 is 8.83 Å². The second-order valence-electron chi connectivity index (χ2n) is 10.9. The number of para-hydroxylation sites is 1. The first-order valence-corrected chi connectivity index (χ1v) is 14.8. The molecule has 0 radical (unpaired) electrons. The van der Waals surface area contributed by atoms with Gasteiger partial charge in [0.15, 0.2) is 11.7 Å². The molecule has 0 saturated heterocycles. The molecule has 0 aliphatic carbocycles. The third kappa shape index (κ3) is 5.00. The average molecular weight is 582 g/mol. The van der Waals surface area contributed by atoms with E-state index in [4.69, 9.17) is 18.8 Å². The second-order valence-corrected chi connectivity index (χ2v) is 10.9. The summed E-state index contributed by atoms with van der Waals surface area (Å²) in [6, 6.07) is 47.0. The second kappa shape index (κ2) is 11.2. The van der Waals surface area contributed by atoms with Crippen LogP contribution in [0.25, 0.3) is 55.0 Å². The fourth-order valence-corrected chi connectivity index (χ4v) is 5.82. The van der Waals surface area contributed by atoms with Gasteiger partial charge in [0, 0.05) is 32.7 Å². The first-order valence-electron chi connectivity index (χ1n) is 14.8. The van der Waals surface area contributed by atoms with Crippen LogP contribution in [0.4, 0.5) is 0 Å². The Labute approximate surface area is 259 Å². The van der Waals surface area contributed by atoms with E-state index in [2.05, 4.69) is 60.2 Å². The molecule has 0 saturated carbocycles. The Kier molecular flexibility index (Phi) is 6.61.